The number of rotatable bonds is 7. The molecule has 1 unspecified atom stereocenters. The van der Waals surface area contributed by atoms with Crippen molar-refractivity contribution in [1.29, 1.82) is 0 Å². The Morgan fingerprint density at radius 1 is 1.06 bits per heavy atom. The molecule has 0 bridgehead atoms. The van der Waals surface area contributed by atoms with Gasteiger partial charge >= 0.3 is 0 Å². The van der Waals surface area contributed by atoms with E-state index in [1.807, 2.05) is 66.9 Å². The Hall–Kier alpha value is -3.62. The summed E-state index contributed by atoms with van der Waals surface area (Å²) in [6.45, 7) is 1.44. The van der Waals surface area contributed by atoms with Gasteiger partial charge in [0.1, 0.15) is 0 Å². The van der Waals surface area contributed by atoms with E-state index < -0.39 is 0 Å². The van der Waals surface area contributed by atoms with Gasteiger partial charge in [0.15, 0.2) is 11.0 Å². The topological polar surface area (TPSA) is 84.8 Å². The van der Waals surface area contributed by atoms with Gasteiger partial charge in [-0.25, -0.2) is 0 Å². The quantitative estimate of drug-likeness (QED) is 0.299. The van der Waals surface area contributed by atoms with Crippen molar-refractivity contribution < 1.29 is 9.53 Å². The minimum absolute atomic E-state index is 0.0772. The number of fused-ring (bicyclic) bond motifs is 2. The molecule has 1 atom stereocenters. The number of amides is 1. The maximum Gasteiger partial charge on any atom is 0.234 e. The minimum Gasteiger partial charge on any atom is -0.376 e. The second kappa shape index (κ2) is 9.56. The molecule has 7 nitrogen and oxygen atoms in total. The summed E-state index contributed by atoms with van der Waals surface area (Å²) in [6.07, 6.45) is 4.17. The van der Waals surface area contributed by atoms with Crippen LogP contribution in [0.5, 0.6) is 0 Å². The number of hydrogen-bond donors (Lipinski definition) is 2. The maximum absolute atomic E-state index is 12.9. The fraction of sp³-hybridized carbons (Fsp3) is 0.222. The lowest BCUT2D eigenvalue weighted by atomic mass is 10.1. The molecule has 8 heteroatoms. The number of aromatic nitrogens is 4. The minimum atomic E-state index is -0.0772. The zero-order valence-electron chi connectivity index (χ0n) is 19.1. The molecular weight excluding hydrogens is 458 g/mol. The number of benzene rings is 3. The number of aromatic amines is 1. The average molecular weight is 484 g/mol. The number of anilines is 1. The number of nitrogens with zero attached hydrogens (tertiary/aromatic N) is 3. The Kier molecular flexibility index (Phi) is 5.98. The van der Waals surface area contributed by atoms with Crippen LogP contribution in [0.2, 0.25) is 0 Å². The summed E-state index contributed by atoms with van der Waals surface area (Å²) in [5.41, 5.74) is 2.87. The summed E-state index contributed by atoms with van der Waals surface area (Å²) in [6, 6.07) is 22.1. The van der Waals surface area contributed by atoms with E-state index in [1.165, 1.54) is 11.8 Å². The van der Waals surface area contributed by atoms with Gasteiger partial charge in [-0.15, -0.1) is 10.2 Å². The first kappa shape index (κ1) is 21.9. The van der Waals surface area contributed by atoms with Crippen molar-refractivity contribution in [2.75, 3.05) is 17.7 Å². The molecule has 1 saturated heterocycles. The number of carbonyl (C=O) groups excluding carboxylic acids is 1. The number of ether oxygens (including phenoxy) is 1. The molecule has 0 radical (unpaired) electrons. The molecule has 3 aromatic carbocycles. The molecule has 6 rings (SSSR count). The van der Waals surface area contributed by atoms with Gasteiger partial charge in [-0.3, -0.25) is 9.36 Å². The molecule has 35 heavy (non-hydrogen) atoms. The van der Waals surface area contributed by atoms with Crippen LogP contribution in [-0.4, -0.2) is 44.1 Å². The highest BCUT2D eigenvalue weighted by atomic mass is 32.2. The second-order valence-corrected chi connectivity index (χ2v) is 9.61. The summed E-state index contributed by atoms with van der Waals surface area (Å²) in [5, 5.41) is 16.0. The highest BCUT2D eigenvalue weighted by molar-refractivity contribution is 7.99. The Labute approximate surface area is 206 Å². The lowest BCUT2D eigenvalue weighted by Gasteiger charge is -2.14. The molecule has 1 aliphatic rings. The normalized spacial score (nSPS) is 15.7. The van der Waals surface area contributed by atoms with Gasteiger partial charge in [-0.05, 0) is 30.4 Å². The van der Waals surface area contributed by atoms with Gasteiger partial charge in [0.2, 0.25) is 5.91 Å². The first-order chi connectivity index (χ1) is 17.3. The summed E-state index contributed by atoms with van der Waals surface area (Å²) < 4.78 is 8.01. The van der Waals surface area contributed by atoms with E-state index in [-0.39, 0.29) is 17.8 Å². The zero-order valence-corrected chi connectivity index (χ0v) is 19.9. The maximum atomic E-state index is 12.9. The molecule has 1 fully saturated rings. The van der Waals surface area contributed by atoms with E-state index in [1.54, 1.807) is 0 Å². The number of nitrogens with one attached hydrogen (secondary N) is 2. The van der Waals surface area contributed by atoms with E-state index in [2.05, 4.69) is 31.1 Å². The van der Waals surface area contributed by atoms with Crippen LogP contribution in [-0.2, 0) is 16.1 Å². The number of para-hydroxylation sites is 1. The third-order valence-corrected chi connectivity index (χ3v) is 7.32. The van der Waals surface area contributed by atoms with Gasteiger partial charge in [0.25, 0.3) is 0 Å². The molecule has 1 aliphatic heterocycles. The fourth-order valence-electron chi connectivity index (χ4n) is 4.66. The van der Waals surface area contributed by atoms with Gasteiger partial charge in [-0.1, -0.05) is 66.4 Å². The van der Waals surface area contributed by atoms with Gasteiger partial charge in [0, 0.05) is 40.3 Å². The van der Waals surface area contributed by atoms with E-state index >= 15 is 0 Å². The molecule has 2 aromatic heterocycles. The molecule has 2 N–H and O–H groups in total. The fourth-order valence-corrected chi connectivity index (χ4v) is 5.41. The van der Waals surface area contributed by atoms with Crippen molar-refractivity contribution in [3.63, 3.8) is 0 Å². The van der Waals surface area contributed by atoms with Crippen LogP contribution in [0, 0.1) is 0 Å². The van der Waals surface area contributed by atoms with Crippen LogP contribution in [0.1, 0.15) is 12.8 Å². The van der Waals surface area contributed by atoms with Crippen LogP contribution >= 0.6 is 11.8 Å². The van der Waals surface area contributed by atoms with Crippen molar-refractivity contribution >= 4 is 45.0 Å². The first-order valence-corrected chi connectivity index (χ1v) is 12.8. The SMILES string of the molecule is O=C(CSc1nnc(-c2c[nH]c3ccccc23)n1CC1CCCO1)Nc1cccc2ccccc12. The Morgan fingerprint density at radius 2 is 1.89 bits per heavy atom. The Bertz CT molecular complexity index is 1500. The molecule has 0 aliphatic carbocycles. The summed E-state index contributed by atoms with van der Waals surface area (Å²) in [5.74, 6) is 0.947. The third kappa shape index (κ3) is 4.42. The molecule has 1 amide bonds. The predicted octanol–water partition coefficient (Wildman–Crippen LogP) is 5.49. The molecule has 0 saturated carbocycles. The highest BCUT2D eigenvalue weighted by Crippen LogP contribution is 2.31. The highest BCUT2D eigenvalue weighted by Gasteiger charge is 2.23. The number of carbonyl (C=O) groups is 1. The third-order valence-electron chi connectivity index (χ3n) is 6.35. The lowest BCUT2D eigenvalue weighted by Crippen LogP contribution is -2.18. The van der Waals surface area contributed by atoms with Gasteiger partial charge in [0.05, 0.1) is 18.4 Å². The molecule has 176 valence electrons. The summed E-state index contributed by atoms with van der Waals surface area (Å²) in [4.78, 5) is 16.2. The van der Waals surface area contributed by atoms with Crippen LogP contribution in [0.15, 0.2) is 78.1 Å². The summed E-state index contributed by atoms with van der Waals surface area (Å²) >= 11 is 1.40. The monoisotopic (exact) mass is 483 g/mol. The zero-order chi connectivity index (χ0) is 23.6. The van der Waals surface area contributed by atoms with E-state index in [4.69, 9.17) is 4.74 Å². The largest absolute Gasteiger partial charge is 0.376 e. The molecule has 3 heterocycles. The van der Waals surface area contributed by atoms with Crippen molar-refractivity contribution in [2.45, 2.75) is 30.6 Å². The van der Waals surface area contributed by atoms with E-state index in [9.17, 15) is 4.79 Å². The molecule has 0 spiro atoms. The smallest absolute Gasteiger partial charge is 0.234 e. The Morgan fingerprint density at radius 3 is 2.77 bits per heavy atom. The van der Waals surface area contributed by atoms with Crippen LogP contribution < -0.4 is 5.32 Å². The Balaban J connectivity index is 1.25. The number of thioether (sulfide) groups is 1. The van der Waals surface area contributed by atoms with Crippen molar-refractivity contribution in [3.05, 3.63) is 72.9 Å². The molecular formula is C27H25N5O2S. The first-order valence-electron chi connectivity index (χ1n) is 11.8. The van der Waals surface area contributed by atoms with Crippen LogP contribution in [0.25, 0.3) is 33.1 Å². The van der Waals surface area contributed by atoms with Crippen LogP contribution in [0.3, 0.4) is 0 Å². The van der Waals surface area contributed by atoms with Crippen molar-refractivity contribution in [3.8, 4) is 11.4 Å². The number of H-pyrrole nitrogens is 1. The van der Waals surface area contributed by atoms with Crippen LogP contribution in [0.4, 0.5) is 5.69 Å². The summed E-state index contributed by atoms with van der Waals surface area (Å²) in [7, 11) is 0. The standard InChI is InChI=1S/C27H25N5O2S/c33-25(29-24-13-5-8-18-7-1-2-10-20(18)24)17-35-27-31-30-26(32(27)16-19-9-6-14-34-19)22-15-28-23-12-4-3-11-21(22)23/h1-5,7-8,10-13,15,19,28H,6,9,14,16-17H2,(H,29,33). The van der Waals surface area contributed by atoms with Crippen molar-refractivity contribution in [1.82, 2.24) is 19.7 Å². The number of hydrogen-bond acceptors (Lipinski definition) is 5. The lowest BCUT2D eigenvalue weighted by molar-refractivity contribution is -0.113. The van der Waals surface area contributed by atoms with Gasteiger partial charge < -0.3 is 15.0 Å². The predicted molar refractivity (Wildman–Crippen MR) is 140 cm³/mol. The second-order valence-electron chi connectivity index (χ2n) is 8.66. The molecule has 5 aromatic rings. The van der Waals surface area contributed by atoms with Crippen molar-refractivity contribution in [2.24, 2.45) is 0 Å². The van der Waals surface area contributed by atoms with Gasteiger partial charge in [-0.2, -0.15) is 0 Å². The van der Waals surface area contributed by atoms with E-state index in [0.717, 1.165) is 58.2 Å². The average Bonchev–Trinajstić information content (AvgIpc) is 3.64. The van der Waals surface area contributed by atoms with E-state index in [0.29, 0.717) is 11.7 Å².